The van der Waals surface area contributed by atoms with Crippen LogP contribution in [0.15, 0.2) is 18.2 Å². The summed E-state index contributed by atoms with van der Waals surface area (Å²) in [6.07, 6.45) is 0.0742. The number of aliphatic hydroxyl groups is 1. The van der Waals surface area contributed by atoms with Crippen LogP contribution in [0.2, 0.25) is 5.02 Å². The van der Waals surface area contributed by atoms with Gasteiger partial charge in [0, 0.05) is 48.7 Å². The Morgan fingerprint density at radius 2 is 2.27 bits per heavy atom. The fraction of sp³-hybridized carbons (Fsp3) is 0.562. The van der Waals surface area contributed by atoms with E-state index in [1.807, 2.05) is 26.0 Å². The second-order valence-electron chi connectivity index (χ2n) is 6.01. The van der Waals surface area contributed by atoms with Gasteiger partial charge in [-0.15, -0.1) is 0 Å². The van der Waals surface area contributed by atoms with E-state index < -0.39 is 0 Å². The second-order valence-corrected chi connectivity index (χ2v) is 6.42. The summed E-state index contributed by atoms with van der Waals surface area (Å²) in [5.74, 6) is 0.159. The number of hydrogen-bond acceptors (Lipinski definition) is 4. The average molecular weight is 326 g/mol. The molecule has 22 heavy (non-hydrogen) atoms. The van der Waals surface area contributed by atoms with Crippen molar-refractivity contribution in [2.45, 2.75) is 32.4 Å². The molecule has 0 aromatic heterocycles. The third-order valence-electron chi connectivity index (χ3n) is 3.98. The summed E-state index contributed by atoms with van der Waals surface area (Å²) in [6.45, 7) is 6.06. The van der Waals surface area contributed by atoms with Crippen LogP contribution in [0.25, 0.3) is 0 Å². The van der Waals surface area contributed by atoms with Crippen molar-refractivity contribution in [3.05, 3.63) is 28.8 Å². The van der Waals surface area contributed by atoms with Crippen LogP contribution in [0.1, 0.15) is 18.9 Å². The lowest BCUT2D eigenvalue weighted by Crippen LogP contribution is -2.37. The molecule has 0 saturated carbocycles. The van der Waals surface area contributed by atoms with E-state index in [1.165, 1.54) is 0 Å². The molecule has 1 amide bonds. The number of rotatable bonds is 6. The van der Waals surface area contributed by atoms with Gasteiger partial charge in [0.2, 0.25) is 5.91 Å². The molecule has 4 N–H and O–H groups in total. The molecule has 1 heterocycles. The molecular formula is C16H24ClN3O2. The third-order valence-corrected chi connectivity index (χ3v) is 4.39. The van der Waals surface area contributed by atoms with Gasteiger partial charge >= 0.3 is 0 Å². The van der Waals surface area contributed by atoms with E-state index in [4.69, 9.17) is 11.6 Å². The van der Waals surface area contributed by atoms with Crippen LogP contribution in [0.5, 0.6) is 0 Å². The standard InChI is InChI=1S/C16H24ClN3O2/c1-10-3-4-13(6-14(10)17)20-16(22)5-11(2)19-8-12-7-18-9-15(12)21/h3-4,6,11-12,15,18-19,21H,5,7-9H2,1-2H3,(H,20,22). The van der Waals surface area contributed by atoms with Gasteiger partial charge in [0.15, 0.2) is 0 Å². The summed E-state index contributed by atoms with van der Waals surface area (Å²) < 4.78 is 0. The van der Waals surface area contributed by atoms with Gasteiger partial charge < -0.3 is 21.1 Å². The highest BCUT2D eigenvalue weighted by molar-refractivity contribution is 6.31. The maximum absolute atomic E-state index is 12.0. The van der Waals surface area contributed by atoms with Crippen LogP contribution >= 0.6 is 11.6 Å². The van der Waals surface area contributed by atoms with Crippen molar-refractivity contribution >= 4 is 23.2 Å². The van der Waals surface area contributed by atoms with Crippen LogP contribution in [0.3, 0.4) is 0 Å². The molecule has 1 fully saturated rings. The fourth-order valence-electron chi connectivity index (χ4n) is 2.51. The first-order chi connectivity index (χ1) is 10.5. The number of halogens is 1. The fourth-order valence-corrected chi connectivity index (χ4v) is 2.69. The minimum Gasteiger partial charge on any atom is -0.391 e. The van der Waals surface area contributed by atoms with E-state index in [1.54, 1.807) is 6.07 Å². The molecule has 0 aliphatic carbocycles. The molecule has 2 rings (SSSR count). The monoisotopic (exact) mass is 325 g/mol. The van der Waals surface area contributed by atoms with Gasteiger partial charge in [0.25, 0.3) is 0 Å². The molecule has 1 saturated heterocycles. The summed E-state index contributed by atoms with van der Waals surface area (Å²) in [5, 5.41) is 19.7. The van der Waals surface area contributed by atoms with Crippen molar-refractivity contribution in [2.75, 3.05) is 25.0 Å². The predicted octanol–water partition coefficient (Wildman–Crippen LogP) is 1.54. The number of carbonyl (C=O) groups excluding carboxylic acids is 1. The topological polar surface area (TPSA) is 73.4 Å². The molecule has 6 heteroatoms. The van der Waals surface area contributed by atoms with Crippen LogP contribution in [-0.2, 0) is 4.79 Å². The number of hydrogen-bond donors (Lipinski definition) is 4. The average Bonchev–Trinajstić information content (AvgIpc) is 2.86. The summed E-state index contributed by atoms with van der Waals surface area (Å²) in [7, 11) is 0. The zero-order valence-electron chi connectivity index (χ0n) is 13.0. The Labute approximate surface area is 136 Å². The first kappa shape index (κ1) is 17.2. The van der Waals surface area contributed by atoms with E-state index in [2.05, 4.69) is 16.0 Å². The number of benzene rings is 1. The normalized spacial score (nSPS) is 22.5. The summed E-state index contributed by atoms with van der Waals surface area (Å²) in [5.41, 5.74) is 1.70. The number of aryl methyl sites for hydroxylation is 1. The second kappa shape index (κ2) is 7.92. The van der Waals surface area contributed by atoms with Gasteiger partial charge in [-0.3, -0.25) is 4.79 Å². The van der Waals surface area contributed by atoms with Gasteiger partial charge in [-0.25, -0.2) is 0 Å². The zero-order chi connectivity index (χ0) is 16.1. The van der Waals surface area contributed by atoms with E-state index >= 15 is 0 Å². The van der Waals surface area contributed by atoms with Gasteiger partial charge in [-0.2, -0.15) is 0 Å². The Balaban J connectivity index is 1.74. The maximum Gasteiger partial charge on any atom is 0.225 e. The van der Waals surface area contributed by atoms with E-state index in [0.717, 1.165) is 12.1 Å². The SMILES string of the molecule is Cc1ccc(NC(=O)CC(C)NCC2CNCC2O)cc1Cl. The number of amides is 1. The molecule has 1 aromatic rings. The smallest absolute Gasteiger partial charge is 0.225 e. The third kappa shape index (κ3) is 4.95. The van der Waals surface area contributed by atoms with Crippen LogP contribution in [-0.4, -0.2) is 42.8 Å². The van der Waals surface area contributed by atoms with Crippen molar-refractivity contribution in [1.29, 1.82) is 0 Å². The molecule has 1 aromatic carbocycles. The van der Waals surface area contributed by atoms with Gasteiger partial charge in [0.05, 0.1) is 6.10 Å². The van der Waals surface area contributed by atoms with Gasteiger partial charge in [-0.1, -0.05) is 17.7 Å². The zero-order valence-corrected chi connectivity index (χ0v) is 13.8. The largest absolute Gasteiger partial charge is 0.391 e. The molecule has 5 nitrogen and oxygen atoms in total. The lowest BCUT2D eigenvalue weighted by Gasteiger charge is -2.18. The van der Waals surface area contributed by atoms with Crippen LogP contribution < -0.4 is 16.0 Å². The minimum atomic E-state index is -0.303. The Kier molecular flexibility index (Phi) is 6.20. The highest BCUT2D eigenvalue weighted by atomic mass is 35.5. The van der Waals surface area contributed by atoms with Crippen molar-refractivity contribution in [3.63, 3.8) is 0 Å². The summed E-state index contributed by atoms with van der Waals surface area (Å²) in [6, 6.07) is 5.54. The molecule has 122 valence electrons. The molecule has 3 unspecified atom stereocenters. The quantitative estimate of drug-likeness (QED) is 0.640. The number of aliphatic hydroxyl groups excluding tert-OH is 1. The molecule has 3 atom stereocenters. The predicted molar refractivity (Wildman–Crippen MR) is 89.3 cm³/mol. The van der Waals surface area contributed by atoms with Gasteiger partial charge in [-0.05, 0) is 31.5 Å². The lowest BCUT2D eigenvalue weighted by atomic mass is 10.1. The van der Waals surface area contributed by atoms with E-state index in [-0.39, 0.29) is 24.0 Å². The lowest BCUT2D eigenvalue weighted by molar-refractivity contribution is -0.116. The van der Waals surface area contributed by atoms with Crippen molar-refractivity contribution in [3.8, 4) is 0 Å². The minimum absolute atomic E-state index is 0.0497. The Morgan fingerprint density at radius 3 is 2.91 bits per heavy atom. The number of β-amino-alcohol motifs (C(OH)–C–C–N with tert-alkyl or cyclic N) is 1. The van der Waals surface area contributed by atoms with Crippen molar-refractivity contribution in [2.24, 2.45) is 5.92 Å². The van der Waals surface area contributed by atoms with E-state index in [0.29, 0.717) is 30.2 Å². The molecule has 1 aliphatic heterocycles. The number of nitrogens with one attached hydrogen (secondary N) is 3. The van der Waals surface area contributed by atoms with Gasteiger partial charge in [0.1, 0.15) is 0 Å². The molecule has 1 aliphatic rings. The van der Waals surface area contributed by atoms with E-state index in [9.17, 15) is 9.90 Å². The molecule has 0 radical (unpaired) electrons. The van der Waals surface area contributed by atoms with Crippen molar-refractivity contribution < 1.29 is 9.90 Å². The Morgan fingerprint density at radius 1 is 1.50 bits per heavy atom. The van der Waals surface area contributed by atoms with Crippen LogP contribution in [0, 0.1) is 12.8 Å². The highest BCUT2D eigenvalue weighted by Gasteiger charge is 2.25. The molecule has 0 spiro atoms. The Hall–Kier alpha value is -1.14. The first-order valence-corrected chi connectivity index (χ1v) is 8.01. The van der Waals surface area contributed by atoms with Crippen molar-refractivity contribution in [1.82, 2.24) is 10.6 Å². The maximum atomic E-state index is 12.0. The molecule has 0 bridgehead atoms. The highest BCUT2D eigenvalue weighted by Crippen LogP contribution is 2.20. The summed E-state index contributed by atoms with van der Waals surface area (Å²) >= 11 is 6.05. The first-order valence-electron chi connectivity index (χ1n) is 7.64. The summed E-state index contributed by atoms with van der Waals surface area (Å²) in [4.78, 5) is 12.0. The number of anilines is 1. The van der Waals surface area contributed by atoms with Crippen LogP contribution in [0.4, 0.5) is 5.69 Å². The Bertz CT molecular complexity index is 524. The number of carbonyl (C=O) groups is 1. The molecular weight excluding hydrogens is 302 g/mol.